The van der Waals surface area contributed by atoms with Gasteiger partial charge in [-0.05, 0) is 68.9 Å². The molecule has 1 aromatic rings. The molecule has 0 saturated carbocycles. The zero-order chi connectivity index (χ0) is 23.2. The second-order valence-electron chi connectivity index (χ2n) is 7.96. The average molecular weight is 504 g/mol. The third-order valence-electron chi connectivity index (χ3n) is 4.63. The monoisotopic (exact) mass is 502 g/mol. The lowest BCUT2D eigenvalue weighted by Crippen LogP contribution is -2.41. The number of allylic oxidation sites excluding steroid dienone is 3. The molecule has 0 spiro atoms. The molecule has 0 aliphatic heterocycles. The van der Waals surface area contributed by atoms with Gasteiger partial charge in [0.05, 0.1) is 16.5 Å². The van der Waals surface area contributed by atoms with Crippen LogP contribution in [0.5, 0.6) is 5.75 Å². The van der Waals surface area contributed by atoms with Crippen molar-refractivity contribution in [2.24, 2.45) is 0 Å². The molecular formula is C24H32Cl2O3S2. The van der Waals surface area contributed by atoms with Crippen LogP contribution < -0.4 is 4.74 Å². The summed E-state index contributed by atoms with van der Waals surface area (Å²) in [5.41, 5.74) is 1.18. The first kappa shape index (κ1) is 26.5. The second-order valence-corrected chi connectivity index (χ2v) is 12.1. The summed E-state index contributed by atoms with van der Waals surface area (Å²) in [5, 5.41) is 0.503. The van der Waals surface area contributed by atoms with Crippen LogP contribution >= 0.6 is 46.7 Å². The number of carbonyl (C=O) groups is 1. The molecule has 2 rings (SSSR count). The van der Waals surface area contributed by atoms with Crippen LogP contribution in [0, 0.1) is 0 Å². The fraction of sp³-hybridized carbons (Fsp3) is 0.542. The van der Waals surface area contributed by atoms with Crippen molar-refractivity contribution in [1.29, 1.82) is 0 Å². The van der Waals surface area contributed by atoms with Crippen molar-refractivity contribution < 1.29 is 14.3 Å². The van der Waals surface area contributed by atoms with Gasteiger partial charge in [-0.25, -0.2) is 4.79 Å². The van der Waals surface area contributed by atoms with Gasteiger partial charge in [0.15, 0.2) is 5.60 Å². The molecule has 0 aromatic heterocycles. The van der Waals surface area contributed by atoms with E-state index >= 15 is 0 Å². The highest BCUT2D eigenvalue weighted by Crippen LogP contribution is 2.54. The number of hydrogen-bond acceptors (Lipinski definition) is 5. The molecular weight excluding hydrogens is 471 g/mol. The van der Waals surface area contributed by atoms with Crippen LogP contribution in [0.3, 0.4) is 0 Å². The minimum absolute atomic E-state index is 0.0342. The van der Waals surface area contributed by atoms with Crippen molar-refractivity contribution in [3.05, 3.63) is 52.6 Å². The predicted molar refractivity (Wildman–Crippen MR) is 137 cm³/mol. The summed E-state index contributed by atoms with van der Waals surface area (Å²) in [7, 11) is 0. The van der Waals surface area contributed by atoms with Crippen molar-refractivity contribution in [3.63, 3.8) is 0 Å². The first-order valence-electron chi connectivity index (χ1n) is 10.6. The van der Waals surface area contributed by atoms with E-state index in [1.54, 1.807) is 13.8 Å². The lowest BCUT2D eigenvalue weighted by molar-refractivity contribution is -0.163. The van der Waals surface area contributed by atoms with Crippen LogP contribution in [0.25, 0.3) is 0 Å². The number of thioether (sulfide) groups is 2. The highest BCUT2D eigenvalue weighted by atomic mass is 35.5. The van der Waals surface area contributed by atoms with E-state index in [9.17, 15) is 4.79 Å². The number of ether oxygens (including phenoxy) is 2. The Balaban J connectivity index is 2.41. The SMILES string of the molecule is CCSC(SCC)(C1=CCC(Cl)C=C1)c1ccc(OC(C)(C)C(=O)OC(C)C)c(Cl)c1. The van der Waals surface area contributed by atoms with E-state index < -0.39 is 11.6 Å². The van der Waals surface area contributed by atoms with Crippen molar-refractivity contribution in [1.82, 2.24) is 0 Å². The number of rotatable bonds is 10. The summed E-state index contributed by atoms with van der Waals surface area (Å²) in [5.74, 6) is 1.94. The molecule has 0 amide bonds. The molecule has 0 fully saturated rings. The van der Waals surface area contributed by atoms with Gasteiger partial charge in [-0.1, -0.05) is 49.7 Å². The van der Waals surface area contributed by atoms with Gasteiger partial charge in [0, 0.05) is 0 Å². The number of alkyl halides is 1. The smallest absolute Gasteiger partial charge is 0.350 e. The largest absolute Gasteiger partial charge is 0.475 e. The second kappa shape index (κ2) is 11.4. The van der Waals surface area contributed by atoms with E-state index in [0.717, 1.165) is 23.5 Å². The molecule has 31 heavy (non-hydrogen) atoms. The Hall–Kier alpha value is -0.750. The van der Waals surface area contributed by atoms with Crippen LogP contribution in [0.4, 0.5) is 0 Å². The number of benzene rings is 1. The van der Waals surface area contributed by atoms with Crippen molar-refractivity contribution in [3.8, 4) is 5.75 Å². The predicted octanol–water partition coefficient (Wildman–Crippen LogP) is 7.60. The van der Waals surface area contributed by atoms with E-state index in [4.69, 9.17) is 32.7 Å². The summed E-state index contributed by atoms with van der Waals surface area (Å²) in [4.78, 5) is 12.4. The van der Waals surface area contributed by atoms with Crippen LogP contribution in [0.1, 0.15) is 53.5 Å². The lowest BCUT2D eigenvalue weighted by atomic mass is 9.98. The summed E-state index contributed by atoms with van der Waals surface area (Å²) in [6.45, 7) is 11.3. The summed E-state index contributed by atoms with van der Waals surface area (Å²) >= 11 is 16.7. The van der Waals surface area contributed by atoms with Crippen LogP contribution in [-0.4, -0.2) is 34.6 Å². The Labute approximate surface area is 205 Å². The van der Waals surface area contributed by atoms with Crippen molar-refractivity contribution >= 4 is 52.7 Å². The van der Waals surface area contributed by atoms with E-state index in [-0.39, 0.29) is 15.6 Å². The molecule has 1 aliphatic rings. The van der Waals surface area contributed by atoms with Crippen LogP contribution in [0.2, 0.25) is 5.02 Å². The molecule has 1 unspecified atom stereocenters. The first-order valence-corrected chi connectivity index (χ1v) is 13.3. The molecule has 3 nitrogen and oxygen atoms in total. The fourth-order valence-corrected chi connectivity index (χ4v) is 6.71. The number of carbonyl (C=O) groups excluding carboxylic acids is 1. The van der Waals surface area contributed by atoms with Gasteiger partial charge in [-0.3, -0.25) is 0 Å². The summed E-state index contributed by atoms with van der Waals surface area (Å²) in [6.07, 6.45) is 7.02. The summed E-state index contributed by atoms with van der Waals surface area (Å²) in [6, 6.07) is 5.84. The normalized spacial score (nSPS) is 16.9. The molecule has 0 heterocycles. The zero-order valence-corrected chi connectivity index (χ0v) is 22.2. The van der Waals surface area contributed by atoms with Gasteiger partial charge >= 0.3 is 5.97 Å². The van der Waals surface area contributed by atoms with Crippen molar-refractivity contribution in [2.45, 2.75) is 69.1 Å². The lowest BCUT2D eigenvalue weighted by Gasteiger charge is -2.36. The molecule has 0 saturated heterocycles. The summed E-state index contributed by atoms with van der Waals surface area (Å²) < 4.78 is 11.0. The van der Waals surface area contributed by atoms with Crippen LogP contribution in [0.15, 0.2) is 42.0 Å². The number of halogens is 2. The first-order chi connectivity index (χ1) is 14.6. The molecule has 1 atom stereocenters. The Kier molecular flexibility index (Phi) is 9.75. The van der Waals surface area contributed by atoms with Gasteiger partial charge in [0.1, 0.15) is 9.83 Å². The van der Waals surface area contributed by atoms with Gasteiger partial charge in [-0.15, -0.1) is 35.1 Å². The average Bonchev–Trinajstić information content (AvgIpc) is 2.69. The standard InChI is InChI=1S/C24H32Cl2O3S2/c1-7-30-24(31-8-2,17-9-12-19(25)13-10-17)18-11-14-21(20(26)15-18)29-23(5,6)22(27)28-16(3)4/h9-12,14-16,19H,7-8,13H2,1-6H3. The van der Waals surface area contributed by atoms with Gasteiger partial charge in [0.25, 0.3) is 0 Å². The van der Waals surface area contributed by atoms with E-state index in [1.165, 1.54) is 5.57 Å². The van der Waals surface area contributed by atoms with E-state index in [2.05, 4.69) is 32.1 Å². The Morgan fingerprint density at radius 3 is 2.35 bits per heavy atom. The Morgan fingerprint density at radius 1 is 1.23 bits per heavy atom. The number of esters is 1. The molecule has 0 N–H and O–H groups in total. The third-order valence-corrected chi connectivity index (χ3v) is 8.29. The maximum Gasteiger partial charge on any atom is 0.350 e. The highest BCUT2D eigenvalue weighted by Gasteiger charge is 2.38. The highest BCUT2D eigenvalue weighted by molar-refractivity contribution is 8.17. The molecule has 172 valence electrons. The quantitative estimate of drug-likeness (QED) is 0.187. The number of hydrogen-bond donors (Lipinski definition) is 0. The third kappa shape index (κ3) is 6.63. The van der Waals surface area contributed by atoms with Gasteiger partial charge in [-0.2, -0.15) is 0 Å². The fourth-order valence-electron chi connectivity index (χ4n) is 3.25. The minimum Gasteiger partial charge on any atom is -0.475 e. The Bertz CT molecular complexity index is 828. The van der Waals surface area contributed by atoms with Gasteiger partial charge in [0.2, 0.25) is 0 Å². The molecule has 0 radical (unpaired) electrons. The minimum atomic E-state index is -1.15. The Morgan fingerprint density at radius 2 is 1.87 bits per heavy atom. The topological polar surface area (TPSA) is 35.5 Å². The maximum absolute atomic E-state index is 12.4. The zero-order valence-electron chi connectivity index (χ0n) is 19.0. The van der Waals surface area contributed by atoms with E-state index in [0.29, 0.717) is 10.8 Å². The van der Waals surface area contributed by atoms with Crippen LogP contribution in [-0.2, 0) is 13.6 Å². The van der Waals surface area contributed by atoms with Crippen molar-refractivity contribution in [2.75, 3.05) is 11.5 Å². The molecule has 7 heteroatoms. The maximum atomic E-state index is 12.4. The molecule has 1 aliphatic carbocycles. The van der Waals surface area contributed by atoms with E-state index in [1.807, 2.05) is 55.6 Å². The molecule has 0 bridgehead atoms. The molecule has 1 aromatic carbocycles. The van der Waals surface area contributed by atoms with Gasteiger partial charge < -0.3 is 9.47 Å².